The minimum atomic E-state index is -0.878. The third-order valence-corrected chi connectivity index (χ3v) is 4.28. The van der Waals surface area contributed by atoms with Gasteiger partial charge in [-0.3, -0.25) is 14.6 Å². The van der Waals surface area contributed by atoms with Gasteiger partial charge in [-0.15, -0.1) is 0 Å². The van der Waals surface area contributed by atoms with E-state index in [0.29, 0.717) is 30.6 Å². The van der Waals surface area contributed by atoms with Crippen molar-refractivity contribution in [1.82, 2.24) is 4.98 Å². The van der Waals surface area contributed by atoms with E-state index in [4.69, 9.17) is 9.84 Å². The number of carbonyl (C=O) groups is 2. The Morgan fingerprint density at radius 2 is 1.81 bits per heavy atom. The molecular formula is C21H25NO5. The predicted octanol–water partition coefficient (Wildman–Crippen LogP) is 2.98. The van der Waals surface area contributed by atoms with Gasteiger partial charge in [-0.25, -0.2) is 0 Å². The minimum absolute atomic E-state index is 0.00276. The maximum Gasteiger partial charge on any atom is 0.306 e. The summed E-state index contributed by atoms with van der Waals surface area (Å²) in [5.74, 6) is -1.16. The zero-order chi connectivity index (χ0) is 19.8. The van der Waals surface area contributed by atoms with Crippen molar-refractivity contribution in [3.8, 4) is 0 Å². The summed E-state index contributed by atoms with van der Waals surface area (Å²) in [6.07, 6.45) is 1.85. The van der Waals surface area contributed by atoms with Crippen LogP contribution in [0.3, 0.4) is 0 Å². The molecule has 0 spiro atoms. The molecule has 1 atom stereocenters. The molecule has 27 heavy (non-hydrogen) atoms. The van der Waals surface area contributed by atoms with Crippen LogP contribution >= 0.6 is 0 Å². The summed E-state index contributed by atoms with van der Waals surface area (Å²) in [5, 5.41) is 19.8. The number of rotatable bonds is 9. The van der Waals surface area contributed by atoms with Gasteiger partial charge in [0, 0.05) is 30.3 Å². The van der Waals surface area contributed by atoms with Crippen molar-refractivity contribution in [3.05, 3.63) is 64.5 Å². The maximum absolute atomic E-state index is 11.6. The fraction of sp³-hybridized carbons (Fsp3) is 0.381. The molecule has 2 N–H and O–H groups in total. The molecular weight excluding hydrogens is 346 g/mol. The van der Waals surface area contributed by atoms with E-state index in [2.05, 4.69) is 4.98 Å². The van der Waals surface area contributed by atoms with Crippen molar-refractivity contribution >= 4 is 11.9 Å². The highest BCUT2D eigenvalue weighted by Crippen LogP contribution is 2.26. The highest BCUT2D eigenvalue weighted by Gasteiger charge is 2.16. The van der Waals surface area contributed by atoms with Crippen LogP contribution in [0, 0.1) is 6.92 Å². The largest absolute Gasteiger partial charge is 0.481 e. The van der Waals surface area contributed by atoms with Gasteiger partial charge in [0.25, 0.3) is 0 Å². The number of hydrogen-bond acceptors (Lipinski definition) is 5. The first-order chi connectivity index (χ1) is 12.9. The Kier molecular flexibility index (Phi) is 7.49. The van der Waals surface area contributed by atoms with Crippen LogP contribution in [0.5, 0.6) is 0 Å². The Morgan fingerprint density at radius 3 is 2.41 bits per heavy atom. The molecule has 0 fully saturated rings. The van der Waals surface area contributed by atoms with Crippen molar-refractivity contribution in [3.63, 3.8) is 0 Å². The van der Waals surface area contributed by atoms with Crippen LogP contribution < -0.4 is 0 Å². The van der Waals surface area contributed by atoms with Crippen molar-refractivity contribution in [2.45, 2.75) is 45.6 Å². The second kappa shape index (κ2) is 9.83. The molecule has 144 valence electrons. The highest BCUT2D eigenvalue weighted by atomic mass is 16.5. The lowest BCUT2D eigenvalue weighted by atomic mass is 9.94. The molecule has 0 saturated carbocycles. The lowest BCUT2D eigenvalue weighted by Crippen LogP contribution is -2.08. The van der Waals surface area contributed by atoms with E-state index in [-0.39, 0.29) is 18.8 Å². The molecule has 0 amide bonds. The third-order valence-electron chi connectivity index (χ3n) is 4.28. The Labute approximate surface area is 158 Å². The van der Waals surface area contributed by atoms with Crippen LogP contribution in [0.15, 0.2) is 36.5 Å². The van der Waals surface area contributed by atoms with Gasteiger partial charge < -0.3 is 14.9 Å². The summed E-state index contributed by atoms with van der Waals surface area (Å²) >= 11 is 0. The molecule has 0 bridgehead atoms. The maximum atomic E-state index is 11.6. The average molecular weight is 371 g/mol. The number of ether oxygens (including phenoxy) is 1. The van der Waals surface area contributed by atoms with Crippen molar-refractivity contribution in [2.75, 3.05) is 6.61 Å². The number of aliphatic hydroxyl groups excluding tert-OH is 1. The number of carboxylic acid groups (broad SMARTS) is 1. The molecule has 0 saturated heterocycles. The normalized spacial score (nSPS) is 11.8. The fourth-order valence-electron chi connectivity index (χ4n) is 2.93. The molecule has 1 heterocycles. The molecule has 2 rings (SSSR count). The number of carboxylic acids is 1. The summed E-state index contributed by atoms with van der Waals surface area (Å²) in [7, 11) is 0. The minimum Gasteiger partial charge on any atom is -0.481 e. The smallest absolute Gasteiger partial charge is 0.306 e. The molecule has 6 heteroatoms. The fourth-order valence-corrected chi connectivity index (χ4v) is 2.93. The van der Waals surface area contributed by atoms with Crippen molar-refractivity contribution < 1.29 is 24.5 Å². The Morgan fingerprint density at radius 1 is 1.15 bits per heavy atom. The van der Waals surface area contributed by atoms with Crippen LogP contribution in [0.2, 0.25) is 0 Å². The Hall–Kier alpha value is -2.73. The lowest BCUT2D eigenvalue weighted by Gasteiger charge is -2.16. The molecule has 1 aromatic carbocycles. The van der Waals surface area contributed by atoms with E-state index in [1.165, 1.54) is 0 Å². The summed E-state index contributed by atoms with van der Waals surface area (Å²) < 4.78 is 4.96. The van der Waals surface area contributed by atoms with Crippen LogP contribution in [0.4, 0.5) is 0 Å². The summed E-state index contributed by atoms with van der Waals surface area (Å²) in [6, 6.07) is 9.12. The van der Waals surface area contributed by atoms with Crippen molar-refractivity contribution in [2.24, 2.45) is 0 Å². The number of hydrogen-bond donors (Lipinski definition) is 2. The van der Waals surface area contributed by atoms with Crippen LogP contribution in [0.25, 0.3) is 0 Å². The second-order valence-corrected chi connectivity index (χ2v) is 6.36. The molecule has 1 aromatic heterocycles. The lowest BCUT2D eigenvalue weighted by molar-refractivity contribution is -0.143. The predicted molar refractivity (Wildman–Crippen MR) is 100 cm³/mol. The average Bonchev–Trinajstić information content (AvgIpc) is 2.64. The van der Waals surface area contributed by atoms with Crippen LogP contribution in [0.1, 0.15) is 53.8 Å². The first-order valence-corrected chi connectivity index (χ1v) is 9.00. The summed E-state index contributed by atoms with van der Waals surface area (Å²) in [5.41, 5.74) is 3.77. The van der Waals surface area contributed by atoms with Gasteiger partial charge >= 0.3 is 11.9 Å². The zero-order valence-corrected chi connectivity index (χ0v) is 15.6. The summed E-state index contributed by atoms with van der Waals surface area (Å²) in [4.78, 5) is 26.8. The first kappa shape index (κ1) is 20.6. The van der Waals surface area contributed by atoms with E-state index < -0.39 is 12.1 Å². The number of aliphatic hydroxyl groups is 1. The van der Waals surface area contributed by atoms with Gasteiger partial charge in [0.2, 0.25) is 0 Å². The summed E-state index contributed by atoms with van der Waals surface area (Å²) in [6.45, 7) is 3.92. The van der Waals surface area contributed by atoms with E-state index in [9.17, 15) is 14.7 Å². The van der Waals surface area contributed by atoms with Crippen LogP contribution in [-0.2, 0) is 27.2 Å². The van der Waals surface area contributed by atoms with E-state index in [1.807, 2.05) is 31.2 Å². The zero-order valence-electron chi connectivity index (χ0n) is 15.6. The Balaban J connectivity index is 2.29. The monoisotopic (exact) mass is 371 g/mol. The number of aromatic nitrogens is 1. The molecule has 0 radical (unpaired) electrons. The van der Waals surface area contributed by atoms with E-state index >= 15 is 0 Å². The van der Waals surface area contributed by atoms with Crippen LogP contribution in [-0.4, -0.2) is 33.7 Å². The number of carbonyl (C=O) groups excluding carboxylic acids is 1. The number of nitrogens with zero attached hydrogens (tertiary/aromatic N) is 1. The van der Waals surface area contributed by atoms with Gasteiger partial charge in [0.05, 0.1) is 6.61 Å². The molecule has 1 unspecified atom stereocenters. The van der Waals surface area contributed by atoms with Gasteiger partial charge in [-0.05, 0) is 49.4 Å². The topological polar surface area (TPSA) is 96.7 Å². The van der Waals surface area contributed by atoms with Crippen molar-refractivity contribution in [1.29, 1.82) is 0 Å². The molecule has 0 aliphatic heterocycles. The number of aryl methyl sites for hydroxylation is 3. The van der Waals surface area contributed by atoms with E-state index in [0.717, 1.165) is 16.8 Å². The highest BCUT2D eigenvalue weighted by molar-refractivity contribution is 5.69. The van der Waals surface area contributed by atoms with Gasteiger partial charge in [-0.1, -0.05) is 24.3 Å². The third kappa shape index (κ3) is 6.18. The SMILES string of the molecule is CCOC(=O)CCc1cc(CCC(=O)O)cc(C(O)c2cccnc2C)c1. The first-order valence-electron chi connectivity index (χ1n) is 9.00. The number of esters is 1. The van der Waals surface area contributed by atoms with Gasteiger partial charge in [0.15, 0.2) is 0 Å². The quantitative estimate of drug-likeness (QED) is 0.658. The van der Waals surface area contributed by atoms with Gasteiger partial charge in [-0.2, -0.15) is 0 Å². The van der Waals surface area contributed by atoms with E-state index in [1.54, 1.807) is 19.2 Å². The number of benzene rings is 1. The Bertz CT molecular complexity index is 803. The number of pyridine rings is 1. The molecule has 6 nitrogen and oxygen atoms in total. The van der Waals surface area contributed by atoms with Gasteiger partial charge in [0.1, 0.15) is 6.10 Å². The second-order valence-electron chi connectivity index (χ2n) is 6.36. The number of aliphatic carboxylic acids is 1. The molecule has 2 aromatic rings. The molecule has 0 aliphatic carbocycles. The standard InChI is InChI=1S/C21H25NO5/c1-3-27-20(25)9-7-16-11-15(6-8-19(23)24)12-17(13-16)21(26)18-5-4-10-22-14(18)2/h4-5,10-13,21,26H,3,6-9H2,1-2H3,(H,23,24). The molecule has 0 aliphatic rings.